The molecule has 0 saturated carbocycles. The van der Waals surface area contributed by atoms with E-state index in [4.69, 9.17) is 14.2 Å². The maximum atomic E-state index is 12.3. The molecule has 0 amide bonds. The van der Waals surface area contributed by atoms with Crippen molar-refractivity contribution in [3.05, 3.63) is 48.5 Å². The van der Waals surface area contributed by atoms with Crippen LogP contribution in [0, 0.1) is 5.92 Å². The van der Waals surface area contributed by atoms with Crippen molar-refractivity contribution in [3.8, 4) is 16.7 Å². The lowest BCUT2D eigenvalue weighted by Crippen LogP contribution is -2.63. The average Bonchev–Trinajstić information content (AvgIpc) is 3.33. The molecule has 2 aliphatic heterocycles. The van der Waals surface area contributed by atoms with Crippen molar-refractivity contribution in [1.29, 1.82) is 0 Å². The first-order valence-corrected chi connectivity index (χ1v) is 14.0. The number of nitrogens with zero attached hydrogens (tertiary/aromatic N) is 2. The Balaban J connectivity index is 1.17. The molecule has 2 aromatic carbocycles. The molecule has 0 bridgehead atoms. The number of quaternary nitrogens is 1. The van der Waals surface area contributed by atoms with Gasteiger partial charge in [-0.2, -0.15) is 0 Å². The third-order valence-electron chi connectivity index (χ3n) is 7.66. The number of aromatic nitrogens is 1. The normalized spacial score (nSPS) is 22.9. The number of hydrogen-bond acceptors (Lipinski definition) is 7. The number of fused-ring (bicyclic) bond motifs is 1. The molecule has 3 heterocycles. The minimum absolute atomic E-state index is 0.0231. The summed E-state index contributed by atoms with van der Waals surface area (Å²) in [6.45, 7) is 8.15. The number of benzene rings is 2. The summed E-state index contributed by atoms with van der Waals surface area (Å²) < 4.78 is 19.6. The van der Waals surface area contributed by atoms with Gasteiger partial charge in [-0.3, -0.25) is 4.79 Å². The molecule has 2 aliphatic rings. The molecule has 2 fully saturated rings. The highest BCUT2D eigenvalue weighted by molar-refractivity contribution is 7.20. The number of nitrogens with one attached hydrogen (secondary N) is 1. The molecule has 0 aliphatic carbocycles. The first-order valence-electron chi connectivity index (χ1n) is 13.1. The van der Waals surface area contributed by atoms with Crippen molar-refractivity contribution in [1.82, 2.24) is 10.3 Å². The van der Waals surface area contributed by atoms with E-state index in [2.05, 4.69) is 16.4 Å². The minimum atomic E-state index is -0.0231. The Bertz CT molecular complexity index is 1100. The molecule has 0 unspecified atom stereocenters. The molecule has 0 radical (unpaired) electrons. The second-order valence-corrected chi connectivity index (χ2v) is 10.8. The van der Waals surface area contributed by atoms with Crippen molar-refractivity contribution in [2.75, 3.05) is 45.9 Å². The Hall–Kier alpha value is -2.68. The van der Waals surface area contributed by atoms with Crippen LogP contribution in [-0.4, -0.2) is 67.4 Å². The molecule has 5 rings (SSSR count). The van der Waals surface area contributed by atoms with Gasteiger partial charge in [-0.25, -0.2) is 4.98 Å². The second kappa shape index (κ2) is 11.6. The van der Waals surface area contributed by atoms with Crippen LogP contribution in [0.2, 0.25) is 0 Å². The monoisotopic (exact) mass is 510 g/mol. The summed E-state index contributed by atoms with van der Waals surface area (Å²) in [5.74, 6) is 1.61. The van der Waals surface area contributed by atoms with Crippen molar-refractivity contribution in [3.63, 3.8) is 0 Å². The van der Waals surface area contributed by atoms with E-state index in [1.54, 1.807) is 11.3 Å². The molecule has 7 nitrogen and oxygen atoms in total. The van der Waals surface area contributed by atoms with Gasteiger partial charge in [0.25, 0.3) is 5.19 Å². The fourth-order valence-corrected chi connectivity index (χ4v) is 6.48. The van der Waals surface area contributed by atoms with Gasteiger partial charge >= 0.3 is 5.97 Å². The van der Waals surface area contributed by atoms with Crippen molar-refractivity contribution < 1.29 is 23.5 Å². The molecule has 3 aromatic rings. The van der Waals surface area contributed by atoms with Gasteiger partial charge < -0.3 is 24.0 Å². The number of carbonyl (C=O) groups is 1. The number of ether oxygens (including phenoxy) is 3. The van der Waals surface area contributed by atoms with Gasteiger partial charge in [0.05, 0.1) is 41.9 Å². The van der Waals surface area contributed by atoms with Crippen LogP contribution in [0.15, 0.2) is 48.5 Å². The highest BCUT2D eigenvalue weighted by atomic mass is 32.1. The zero-order valence-corrected chi connectivity index (χ0v) is 21.8. The summed E-state index contributed by atoms with van der Waals surface area (Å²) in [5.41, 5.74) is 0.953. The van der Waals surface area contributed by atoms with Crippen molar-refractivity contribution in [2.24, 2.45) is 5.92 Å². The third-order valence-corrected chi connectivity index (χ3v) is 8.57. The Kier molecular flexibility index (Phi) is 8.04. The fourth-order valence-electron chi connectivity index (χ4n) is 5.65. The molecular weight excluding hydrogens is 474 g/mol. The fraction of sp³-hybridized carbons (Fsp3) is 0.500. The Morgan fingerprint density at radius 1 is 1.03 bits per heavy atom. The van der Waals surface area contributed by atoms with Crippen LogP contribution in [0.4, 0.5) is 0 Å². The van der Waals surface area contributed by atoms with Crippen molar-refractivity contribution in [2.45, 2.75) is 38.6 Å². The minimum Gasteiger partial charge on any atom is -0.488 e. The Labute approximate surface area is 217 Å². The number of thiazole rings is 1. The van der Waals surface area contributed by atoms with Crippen LogP contribution in [0.5, 0.6) is 16.7 Å². The summed E-state index contributed by atoms with van der Waals surface area (Å²) in [7, 11) is 0. The summed E-state index contributed by atoms with van der Waals surface area (Å²) in [6, 6.07) is 16.5. The predicted octanol–water partition coefficient (Wildman–Crippen LogP) is 5.01. The summed E-state index contributed by atoms with van der Waals surface area (Å²) in [5, 5.41) is 4.14. The van der Waals surface area contributed by atoms with Crippen LogP contribution >= 0.6 is 11.3 Å². The maximum Gasteiger partial charge on any atom is 0.309 e. The molecule has 0 spiro atoms. The third kappa shape index (κ3) is 5.82. The molecule has 192 valence electrons. The van der Waals surface area contributed by atoms with Gasteiger partial charge in [0, 0.05) is 38.8 Å². The van der Waals surface area contributed by atoms with E-state index in [1.807, 2.05) is 49.4 Å². The highest BCUT2D eigenvalue weighted by Crippen LogP contribution is 2.33. The summed E-state index contributed by atoms with van der Waals surface area (Å²) in [6.07, 6.45) is 4.17. The predicted molar refractivity (Wildman–Crippen MR) is 142 cm³/mol. The number of esters is 1. The van der Waals surface area contributed by atoms with Gasteiger partial charge in [0.15, 0.2) is 0 Å². The summed E-state index contributed by atoms with van der Waals surface area (Å²) >= 11 is 1.54. The topological polar surface area (TPSA) is 69.7 Å². The smallest absolute Gasteiger partial charge is 0.309 e. The van der Waals surface area contributed by atoms with Gasteiger partial charge in [-0.15, -0.1) is 0 Å². The first-order chi connectivity index (χ1) is 17.6. The van der Waals surface area contributed by atoms with E-state index in [0.717, 1.165) is 71.8 Å². The summed E-state index contributed by atoms with van der Waals surface area (Å²) in [4.78, 5) is 16.8. The Morgan fingerprint density at radius 3 is 2.47 bits per heavy atom. The molecule has 1 aromatic heterocycles. The quantitative estimate of drug-likeness (QED) is 0.322. The van der Waals surface area contributed by atoms with Gasteiger partial charge in [0.1, 0.15) is 24.7 Å². The molecule has 1 N–H and O–H groups in total. The molecule has 8 heteroatoms. The van der Waals surface area contributed by atoms with E-state index in [-0.39, 0.29) is 11.9 Å². The molecular formula is C28H36N3O4S+. The molecule has 2 saturated heterocycles. The van der Waals surface area contributed by atoms with E-state index in [1.165, 1.54) is 12.8 Å². The number of likely N-dealkylation sites (tertiary alicyclic amines) is 1. The highest BCUT2D eigenvalue weighted by Gasteiger charge is 2.42. The zero-order chi connectivity index (χ0) is 24.8. The van der Waals surface area contributed by atoms with Crippen LogP contribution < -0.4 is 14.8 Å². The van der Waals surface area contributed by atoms with E-state index in [0.29, 0.717) is 24.4 Å². The lowest BCUT2D eigenvalue weighted by atomic mass is 9.90. The number of para-hydroxylation sites is 1. The zero-order valence-electron chi connectivity index (χ0n) is 21.0. The lowest BCUT2D eigenvalue weighted by molar-refractivity contribution is -0.957. The molecule has 0 atom stereocenters. The standard InChI is InChI=1S/C28H36N3O4S/c1-2-33-27(32)21-13-17-31(18-14-21,22-11-15-29-16-12-22)19-20-34-23-7-9-24(10-8-23)35-28-30-25-5-3-4-6-26(25)36-28/h3-10,21-22,29H,2,11-20H2,1H3/q+1. The number of piperidine rings is 2. The SMILES string of the molecule is CCOC(=O)C1CC[N+](CCOc2ccc(Oc3nc4ccccc4s3)cc2)(C2CCNCC2)CC1. The van der Waals surface area contributed by atoms with Crippen LogP contribution in [-0.2, 0) is 9.53 Å². The van der Waals surface area contributed by atoms with E-state index >= 15 is 0 Å². The number of hydrogen-bond donors (Lipinski definition) is 1. The van der Waals surface area contributed by atoms with E-state index in [9.17, 15) is 4.79 Å². The van der Waals surface area contributed by atoms with Crippen LogP contribution in [0.1, 0.15) is 32.6 Å². The number of carbonyl (C=O) groups excluding carboxylic acids is 1. The van der Waals surface area contributed by atoms with Crippen LogP contribution in [0.3, 0.4) is 0 Å². The second-order valence-electron chi connectivity index (χ2n) is 9.77. The number of rotatable bonds is 9. The molecule has 36 heavy (non-hydrogen) atoms. The van der Waals surface area contributed by atoms with E-state index < -0.39 is 0 Å². The first kappa shape index (κ1) is 25.0. The van der Waals surface area contributed by atoms with Gasteiger partial charge in [0.2, 0.25) is 0 Å². The van der Waals surface area contributed by atoms with Crippen molar-refractivity contribution >= 4 is 27.5 Å². The van der Waals surface area contributed by atoms with Crippen LogP contribution in [0.25, 0.3) is 10.2 Å². The average molecular weight is 511 g/mol. The maximum absolute atomic E-state index is 12.3. The van der Waals surface area contributed by atoms with Gasteiger partial charge in [-0.05, 0) is 43.3 Å². The van der Waals surface area contributed by atoms with Gasteiger partial charge in [-0.1, -0.05) is 23.5 Å². The lowest BCUT2D eigenvalue weighted by Gasteiger charge is -2.49. The largest absolute Gasteiger partial charge is 0.488 e. The Morgan fingerprint density at radius 2 is 1.75 bits per heavy atom.